The largest absolute Gasteiger partial charge is 0.309 e. The molecule has 2 aromatic heterocycles. The van der Waals surface area contributed by atoms with Gasteiger partial charge in [-0.25, -0.2) is 0 Å². The molecule has 0 amide bonds. The number of benzene rings is 13. The number of fused-ring (bicyclic) bond motifs is 6. The molecule has 0 radical (unpaired) electrons. The van der Waals surface area contributed by atoms with Gasteiger partial charge in [0.25, 0.3) is 0 Å². The van der Waals surface area contributed by atoms with Gasteiger partial charge in [-0.2, -0.15) is 0 Å². The monoisotopic (exact) mass is 1450 g/mol. The zero-order valence-electron chi connectivity index (χ0n) is 83.7. The fraction of sp³-hybridized carbons (Fsp3) is 0.264. The molecule has 554 valence electrons. The highest BCUT2D eigenvalue weighted by atomic mass is 15.2. The Morgan fingerprint density at radius 2 is 0.455 bits per heavy atom. The molecule has 15 rings (SSSR count). The van der Waals surface area contributed by atoms with Crippen LogP contribution in [0.5, 0.6) is 0 Å². The zero-order valence-corrected chi connectivity index (χ0v) is 67.7. The van der Waals surface area contributed by atoms with E-state index in [4.69, 9.17) is 5.48 Å². The smallest absolute Gasteiger partial charge is 0.0645 e. The van der Waals surface area contributed by atoms with Crippen molar-refractivity contribution in [2.24, 2.45) is 0 Å². The van der Waals surface area contributed by atoms with Crippen LogP contribution >= 0.6 is 0 Å². The fourth-order valence-electron chi connectivity index (χ4n) is 15.1. The average Bonchev–Trinajstić information content (AvgIpc) is 1.52. The molecule has 0 aliphatic carbocycles. The Balaban J connectivity index is 1.18. The fourth-order valence-corrected chi connectivity index (χ4v) is 15.1. The average molecular weight is 1460 g/mol. The van der Waals surface area contributed by atoms with E-state index in [0.717, 1.165) is 94.8 Å². The summed E-state index contributed by atoms with van der Waals surface area (Å²) in [6, 6.07) is 58.1. The van der Waals surface area contributed by atoms with Crippen molar-refractivity contribution >= 4 is 77.7 Å². The predicted molar refractivity (Wildman–Crippen MR) is 477 cm³/mol. The van der Waals surface area contributed by atoms with E-state index in [2.05, 4.69) is 295 Å². The van der Waals surface area contributed by atoms with Crippen molar-refractivity contribution in [1.82, 2.24) is 9.13 Å². The lowest BCUT2D eigenvalue weighted by molar-refractivity contribution is 0.589. The Morgan fingerprint density at radius 3 is 0.691 bits per heavy atom. The van der Waals surface area contributed by atoms with Crippen molar-refractivity contribution in [3.8, 4) is 55.9 Å². The molecular weight excluding hydrogens is 1330 g/mol. The van der Waals surface area contributed by atoms with E-state index in [0.29, 0.717) is 34.1 Å². The summed E-state index contributed by atoms with van der Waals surface area (Å²) >= 11 is 0. The summed E-state index contributed by atoms with van der Waals surface area (Å²) in [6.07, 6.45) is 0. The van der Waals surface area contributed by atoms with Gasteiger partial charge in [0.2, 0.25) is 0 Å². The van der Waals surface area contributed by atoms with Crippen LogP contribution in [0.1, 0.15) is 206 Å². The van der Waals surface area contributed by atoms with Crippen molar-refractivity contribution in [2.45, 2.75) is 183 Å². The van der Waals surface area contributed by atoms with Crippen molar-refractivity contribution in [1.29, 1.82) is 0 Å². The highest BCUT2D eigenvalue weighted by Gasteiger charge is 2.34. The van der Waals surface area contributed by atoms with E-state index in [9.17, 15) is 16.4 Å². The highest BCUT2D eigenvalue weighted by Crippen LogP contribution is 2.55. The van der Waals surface area contributed by atoms with Crippen LogP contribution in [0.25, 0.3) is 99.5 Å². The Morgan fingerprint density at radius 1 is 0.227 bits per heavy atom. The van der Waals surface area contributed by atoms with E-state index < -0.39 is 113 Å². The summed E-state index contributed by atoms with van der Waals surface area (Å²) in [5, 5.41) is -0.247. The molecule has 0 unspecified atom stereocenters. The lowest BCUT2D eigenvalue weighted by atomic mass is 9.80. The minimum absolute atomic E-state index is 0.0397. The Hall–Kier alpha value is -10.9. The molecule has 0 fully saturated rings. The maximum absolute atomic E-state index is 9.85. The SMILES string of the molecule is [2H]c1c([2H])c([2H])c2c(c1[2H])c1c([2H])c([2H])c([2H])c([2H])c1n2-c1cccc(N(c2cc(N(c3cccc(-n4c5c([2H])c([2H])c([2H])c([2H])c5c5c([2H])c([2H])c([2H])c([2H])c54)c3)c3c(-c4ccc(C(C)(C)C)cc4)cc(C(C)(C)C)cc3-c3ccc(C(C)(C)C)cc3)cc(C(C)(C)C)c2)c2c(-c3ccc(C(C)(C)C)cc3)cc(C(C)(C)C)cc2-c2ccc(C(C)(C)C)cc2)c1. The lowest BCUT2D eigenvalue weighted by Gasteiger charge is -2.36. The quantitative estimate of drug-likeness (QED) is 0.121. The molecule has 0 N–H and O–H groups in total. The summed E-state index contributed by atoms with van der Waals surface area (Å²) in [6.45, 7) is 46.2. The van der Waals surface area contributed by atoms with E-state index >= 15 is 0 Å². The molecule has 0 atom stereocenters. The first-order valence-corrected chi connectivity index (χ1v) is 38.4. The Kier molecular flexibility index (Phi) is 14.3. The number of para-hydroxylation sites is 4. The Labute approximate surface area is 678 Å². The van der Waals surface area contributed by atoms with Crippen molar-refractivity contribution < 1.29 is 21.9 Å². The molecule has 0 aliphatic heterocycles. The molecule has 13 aromatic carbocycles. The van der Waals surface area contributed by atoms with Crippen LogP contribution in [0.2, 0.25) is 0 Å². The number of nitrogens with zero attached hydrogens (tertiary/aromatic N) is 4. The third-order valence-electron chi connectivity index (χ3n) is 21.7. The molecule has 110 heavy (non-hydrogen) atoms. The summed E-state index contributed by atoms with van der Waals surface area (Å²) in [5.41, 5.74) is 16.0. The van der Waals surface area contributed by atoms with E-state index in [-0.39, 0.29) is 65.3 Å². The standard InChI is InChI=1S/C106H110N4/c1-100(2,3)73-52-44-69(45-53-73)90-62-78(105(16,17)18)63-91(70-46-54-74(55-47-70)101(4,5)6)98(90)107(80-32-30-34-82(66-80)109-94-40-26-22-36-86(94)87-37-23-27-41-95(87)109)84-60-77(104(13,14)15)61-85(68-84)108(81-33-31-35-83(67-81)110-96-42-28-24-38-88(96)89-39-25-29-43-97(89)110)99-92(71-48-56-75(57-49-71)102(7,8)9)64-79(106(19,20)21)65-93(99)72-50-58-76(59-51-72)103(10,11)12/h22-68H,1-21H3/i22D,23D,24D,25D,26D,27D,28D,29D,36D,37D,38D,39D,40D,41D,42D,43D. The van der Waals surface area contributed by atoms with Gasteiger partial charge in [-0.1, -0.05) is 327 Å². The number of aromatic nitrogens is 2. The van der Waals surface area contributed by atoms with Crippen LogP contribution in [-0.2, 0) is 37.9 Å². The van der Waals surface area contributed by atoms with Crippen LogP contribution in [-0.4, -0.2) is 9.13 Å². The maximum atomic E-state index is 9.85. The van der Waals surface area contributed by atoms with Gasteiger partial charge < -0.3 is 18.9 Å². The molecule has 0 saturated heterocycles. The third kappa shape index (κ3) is 14.2. The van der Waals surface area contributed by atoms with E-state index in [1.54, 1.807) is 21.3 Å². The first-order chi connectivity index (χ1) is 58.6. The second-order valence-electron chi connectivity index (χ2n) is 36.9. The van der Waals surface area contributed by atoms with Gasteiger partial charge in [-0.05, 0) is 202 Å². The van der Waals surface area contributed by atoms with Gasteiger partial charge >= 0.3 is 0 Å². The van der Waals surface area contributed by atoms with Crippen LogP contribution in [0.15, 0.2) is 285 Å². The first kappa shape index (κ1) is 57.2. The molecule has 0 bridgehead atoms. The normalized spacial score (nSPS) is 14.8. The molecular formula is C106H110N4. The summed E-state index contributed by atoms with van der Waals surface area (Å²) < 4.78 is 154. The molecule has 0 spiro atoms. The van der Waals surface area contributed by atoms with Gasteiger partial charge in [0.15, 0.2) is 0 Å². The minimum atomic E-state index is -0.697. The number of hydrogen-bond donors (Lipinski definition) is 0. The number of anilines is 6. The van der Waals surface area contributed by atoms with Gasteiger partial charge in [0.05, 0.1) is 55.4 Å². The van der Waals surface area contributed by atoms with Crippen LogP contribution in [0.4, 0.5) is 34.1 Å². The summed E-state index contributed by atoms with van der Waals surface area (Å²) in [7, 11) is 0. The van der Waals surface area contributed by atoms with Crippen LogP contribution in [0.3, 0.4) is 0 Å². The number of hydrogen-bond acceptors (Lipinski definition) is 2. The van der Waals surface area contributed by atoms with Crippen LogP contribution in [0, 0.1) is 0 Å². The molecule has 2 heterocycles. The molecule has 0 aliphatic rings. The maximum Gasteiger partial charge on any atom is 0.0645 e. The van der Waals surface area contributed by atoms with E-state index in [1.165, 1.54) is 0 Å². The van der Waals surface area contributed by atoms with Crippen molar-refractivity contribution in [3.63, 3.8) is 0 Å². The van der Waals surface area contributed by atoms with Gasteiger partial charge in [0.1, 0.15) is 0 Å². The topological polar surface area (TPSA) is 16.3 Å². The van der Waals surface area contributed by atoms with Gasteiger partial charge in [0, 0.05) is 77.9 Å². The molecule has 0 saturated carbocycles. The van der Waals surface area contributed by atoms with Gasteiger partial charge in [-0.3, -0.25) is 0 Å². The zero-order chi connectivity index (χ0) is 91.9. The first-order valence-electron chi connectivity index (χ1n) is 46.4. The predicted octanol–water partition coefficient (Wildman–Crippen LogP) is 30.6. The van der Waals surface area contributed by atoms with E-state index in [1.807, 2.05) is 36.4 Å². The third-order valence-corrected chi connectivity index (χ3v) is 21.7. The number of rotatable bonds is 12. The highest BCUT2D eigenvalue weighted by molar-refractivity contribution is 6.11. The second-order valence-corrected chi connectivity index (χ2v) is 36.9. The Bertz CT molecular complexity index is 6250. The summed E-state index contributed by atoms with van der Waals surface area (Å²) in [5.74, 6) is 0. The second kappa shape index (κ2) is 27.6. The molecule has 4 nitrogen and oxygen atoms in total. The summed E-state index contributed by atoms with van der Waals surface area (Å²) in [4.78, 5) is 4.53. The minimum Gasteiger partial charge on any atom is -0.309 e. The van der Waals surface area contributed by atoms with Crippen LogP contribution < -0.4 is 9.80 Å². The van der Waals surface area contributed by atoms with Crippen molar-refractivity contribution in [3.05, 3.63) is 324 Å². The van der Waals surface area contributed by atoms with Crippen molar-refractivity contribution in [2.75, 3.05) is 9.80 Å². The lowest BCUT2D eigenvalue weighted by Crippen LogP contribution is -2.20. The van der Waals surface area contributed by atoms with Gasteiger partial charge in [-0.15, -0.1) is 0 Å². The molecule has 15 aromatic rings. The molecule has 4 heteroatoms.